The van der Waals surface area contributed by atoms with E-state index in [-0.39, 0.29) is 42.2 Å². The lowest BCUT2D eigenvalue weighted by Gasteiger charge is -2.30. The van der Waals surface area contributed by atoms with Crippen molar-refractivity contribution in [2.45, 2.75) is 97.2 Å². The van der Waals surface area contributed by atoms with Crippen molar-refractivity contribution in [2.24, 2.45) is 17.8 Å². The Morgan fingerprint density at radius 1 is 0.845 bits per heavy atom. The topological polar surface area (TPSA) is 172 Å². The van der Waals surface area contributed by atoms with Crippen molar-refractivity contribution in [3.05, 3.63) is 71.6 Å². The number of amides is 3. The van der Waals surface area contributed by atoms with E-state index in [4.69, 9.17) is 19.4 Å². The number of imidazole rings is 2. The highest BCUT2D eigenvalue weighted by atomic mass is 16.5. The normalized spacial score (nSPS) is 18.8. The number of alkyl carbamates (subject to hydrolysis) is 1. The first-order valence-electron chi connectivity index (χ1n) is 20.5. The standard InChI is InChI=1S/C44H55N7O7/c1-25(2)32(23-37(52)57-5)42(53)50-21-9-13-36(50)41-47-39-31-19-18-29(22-30(31)10-7-11-34(39)51(41)56)27-14-16-28(17-15-27)33-24-45-40(46-33)35-12-8-20-49(35)43(54)38(26(3)4)48-44(55)58-6/h14-19,22,24-26,32,35-36,38,56H,7-13,20-21,23H2,1-6H3,(H,45,46)(H,48,55)/t32-,35-,36-,38-/m0/s1. The third-order valence-electron chi connectivity index (χ3n) is 12.1. The van der Waals surface area contributed by atoms with Gasteiger partial charge in [0.25, 0.3) is 0 Å². The van der Waals surface area contributed by atoms with E-state index in [0.717, 1.165) is 82.8 Å². The van der Waals surface area contributed by atoms with Crippen LogP contribution in [0.4, 0.5) is 4.79 Å². The summed E-state index contributed by atoms with van der Waals surface area (Å²) in [7, 11) is 2.62. The van der Waals surface area contributed by atoms with Gasteiger partial charge in [-0.15, -0.1) is 0 Å². The molecule has 0 saturated carbocycles. The number of likely N-dealkylation sites (tertiary alicyclic amines) is 2. The van der Waals surface area contributed by atoms with Crippen molar-refractivity contribution in [2.75, 3.05) is 27.3 Å². The Hall–Kier alpha value is -5.66. The third-order valence-corrected chi connectivity index (χ3v) is 12.1. The van der Waals surface area contributed by atoms with Crippen molar-refractivity contribution in [1.29, 1.82) is 0 Å². The molecule has 2 saturated heterocycles. The number of hydrogen-bond acceptors (Lipinski definition) is 9. The highest BCUT2D eigenvalue weighted by Crippen LogP contribution is 2.40. The van der Waals surface area contributed by atoms with Crippen molar-refractivity contribution in [1.82, 2.24) is 34.8 Å². The van der Waals surface area contributed by atoms with Crippen LogP contribution in [0.15, 0.2) is 48.7 Å². The lowest BCUT2D eigenvalue weighted by molar-refractivity contribution is -0.148. The number of carbonyl (C=O) groups is 4. The van der Waals surface area contributed by atoms with Gasteiger partial charge in [-0.05, 0) is 79.0 Å². The molecule has 0 unspecified atom stereocenters. The minimum absolute atomic E-state index is 0.0182. The molecule has 3 N–H and O–H groups in total. The second-order valence-electron chi connectivity index (χ2n) is 16.4. The zero-order valence-electron chi connectivity index (χ0n) is 34.3. The largest absolute Gasteiger partial charge is 0.469 e. The zero-order chi connectivity index (χ0) is 41.2. The number of aromatic amines is 1. The molecule has 2 aromatic carbocycles. The molecule has 308 valence electrons. The van der Waals surface area contributed by atoms with Gasteiger partial charge in [0.15, 0.2) is 5.82 Å². The number of rotatable bonds is 11. The fourth-order valence-electron chi connectivity index (χ4n) is 8.85. The molecule has 14 heteroatoms. The summed E-state index contributed by atoms with van der Waals surface area (Å²) in [6, 6.07) is 13.4. The summed E-state index contributed by atoms with van der Waals surface area (Å²) in [5.41, 5.74) is 7.58. The molecule has 1 aliphatic carbocycles. The number of H-pyrrole nitrogens is 1. The van der Waals surface area contributed by atoms with Gasteiger partial charge in [-0.25, -0.2) is 14.8 Å². The highest BCUT2D eigenvalue weighted by molar-refractivity contribution is 5.87. The van der Waals surface area contributed by atoms with Crippen molar-refractivity contribution >= 4 is 23.9 Å². The van der Waals surface area contributed by atoms with Gasteiger partial charge in [-0.3, -0.25) is 14.4 Å². The van der Waals surface area contributed by atoms with Crippen LogP contribution in [0.2, 0.25) is 0 Å². The third kappa shape index (κ3) is 7.93. The minimum Gasteiger partial charge on any atom is -0.469 e. The van der Waals surface area contributed by atoms with E-state index in [2.05, 4.69) is 52.8 Å². The quantitative estimate of drug-likeness (QED) is 0.108. The first-order valence-corrected chi connectivity index (χ1v) is 20.5. The molecule has 0 radical (unpaired) electrons. The van der Waals surface area contributed by atoms with E-state index in [9.17, 15) is 24.4 Å². The van der Waals surface area contributed by atoms with Crippen LogP contribution in [0.3, 0.4) is 0 Å². The number of benzene rings is 2. The molecular weight excluding hydrogens is 739 g/mol. The van der Waals surface area contributed by atoms with Gasteiger partial charge >= 0.3 is 12.1 Å². The van der Waals surface area contributed by atoms with E-state index in [0.29, 0.717) is 31.8 Å². The van der Waals surface area contributed by atoms with Gasteiger partial charge in [-0.1, -0.05) is 70.2 Å². The maximum atomic E-state index is 13.8. The summed E-state index contributed by atoms with van der Waals surface area (Å²) in [4.78, 5) is 68.4. The van der Waals surface area contributed by atoms with Gasteiger partial charge in [0, 0.05) is 18.7 Å². The molecule has 4 atom stereocenters. The SMILES string of the molecule is COC(=O)C[C@H](C(=O)N1CCC[C@H]1c1nc2c(n1O)CCCc1cc(-c3ccc(-c4cnc([C@@H]5CCCN5C(=O)[C@@H](NC(=O)OC)C(C)C)[nH]4)cc3)ccc1-2)C(C)C. The summed E-state index contributed by atoms with van der Waals surface area (Å²) < 4.78 is 10.9. The summed E-state index contributed by atoms with van der Waals surface area (Å²) in [6.45, 7) is 8.81. The first kappa shape index (κ1) is 40.5. The molecule has 0 spiro atoms. The Morgan fingerprint density at radius 3 is 2.19 bits per heavy atom. The number of hydrogen-bond donors (Lipinski definition) is 3. The summed E-state index contributed by atoms with van der Waals surface area (Å²) >= 11 is 0. The van der Waals surface area contributed by atoms with Gasteiger partial charge in [-0.2, -0.15) is 4.73 Å². The van der Waals surface area contributed by atoms with Crippen LogP contribution in [0.1, 0.15) is 101 Å². The fourth-order valence-corrected chi connectivity index (χ4v) is 8.85. The van der Waals surface area contributed by atoms with E-state index in [1.807, 2.05) is 32.6 Å². The average Bonchev–Trinajstić information content (AvgIpc) is 4.04. The van der Waals surface area contributed by atoms with Gasteiger partial charge in [0.05, 0.1) is 61.9 Å². The molecule has 3 amide bonds. The van der Waals surface area contributed by atoms with Crippen LogP contribution < -0.4 is 5.32 Å². The van der Waals surface area contributed by atoms with E-state index in [1.165, 1.54) is 19.0 Å². The smallest absolute Gasteiger partial charge is 0.407 e. The van der Waals surface area contributed by atoms with Crippen LogP contribution in [0.5, 0.6) is 0 Å². The number of aromatic nitrogens is 4. The van der Waals surface area contributed by atoms with E-state index >= 15 is 0 Å². The molecule has 4 aromatic rings. The van der Waals surface area contributed by atoms with Crippen LogP contribution in [0.25, 0.3) is 33.6 Å². The molecule has 14 nitrogen and oxygen atoms in total. The van der Waals surface area contributed by atoms with Crippen LogP contribution in [-0.4, -0.2) is 91.9 Å². The Balaban J connectivity index is 1.08. The summed E-state index contributed by atoms with van der Waals surface area (Å²) in [5.74, 6) is -0.157. The Bertz CT molecular complexity index is 2160. The molecule has 3 aliphatic rings. The lowest BCUT2D eigenvalue weighted by Crippen LogP contribution is -2.51. The molecule has 2 aromatic heterocycles. The van der Waals surface area contributed by atoms with Crippen molar-refractivity contribution < 1.29 is 33.9 Å². The Kier molecular flexibility index (Phi) is 11.9. The molecule has 7 rings (SSSR count). The first-order chi connectivity index (χ1) is 27.9. The molecule has 0 bridgehead atoms. The van der Waals surface area contributed by atoms with Crippen LogP contribution >= 0.6 is 0 Å². The van der Waals surface area contributed by atoms with Gasteiger partial charge in [0.1, 0.15) is 11.9 Å². The van der Waals surface area contributed by atoms with Crippen LogP contribution in [0, 0.1) is 17.8 Å². The number of methoxy groups -OCH3 is 2. The molecule has 4 heterocycles. The van der Waals surface area contributed by atoms with Gasteiger partial charge in [0.2, 0.25) is 11.8 Å². The number of ether oxygens (including phenoxy) is 2. The summed E-state index contributed by atoms with van der Waals surface area (Å²) in [5, 5.41) is 14.2. The van der Waals surface area contributed by atoms with Crippen molar-refractivity contribution in [3.8, 4) is 33.6 Å². The van der Waals surface area contributed by atoms with E-state index in [1.54, 1.807) is 11.1 Å². The predicted octanol–water partition coefficient (Wildman–Crippen LogP) is 6.88. The van der Waals surface area contributed by atoms with Crippen molar-refractivity contribution in [3.63, 3.8) is 0 Å². The lowest BCUT2D eigenvalue weighted by atomic mass is 9.90. The molecular formula is C44H55N7O7. The monoisotopic (exact) mass is 793 g/mol. The number of esters is 1. The summed E-state index contributed by atoms with van der Waals surface area (Å²) in [6.07, 6.45) is 6.59. The maximum absolute atomic E-state index is 13.8. The van der Waals surface area contributed by atoms with E-state index < -0.39 is 24.0 Å². The average molecular weight is 794 g/mol. The number of aryl methyl sites for hydroxylation is 1. The molecule has 2 aliphatic heterocycles. The Morgan fingerprint density at radius 2 is 1.52 bits per heavy atom. The number of carbonyl (C=O) groups excluding carboxylic acids is 4. The zero-order valence-corrected chi connectivity index (χ0v) is 34.3. The van der Waals surface area contributed by atoms with Crippen LogP contribution in [-0.2, 0) is 36.7 Å². The predicted molar refractivity (Wildman–Crippen MR) is 216 cm³/mol. The number of fused-ring (bicyclic) bond motifs is 3. The number of nitrogens with one attached hydrogen (secondary N) is 2. The van der Waals surface area contributed by atoms with Gasteiger partial charge < -0.3 is 34.8 Å². The fraction of sp³-hybridized carbons (Fsp3) is 0.500. The minimum atomic E-state index is -0.696. The Labute approximate surface area is 339 Å². The highest BCUT2D eigenvalue weighted by Gasteiger charge is 2.40. The number of nitrogens with zero attached hydrogens (tertiary/aromatic N) is 5. The maximum Gasteiger partial charge on any atom is 0.407 e. The second-order valence-corrected chi connectivity index (χ2v) is 16.4. The molecule has 58 heavy (non-hydrogen) atoms. The molecule has 2 fully saturated rings. The second kappa shape index (κ2) is 17.1.